The molecule has 1 heterocycles. The molecule has 15 heavy (non-hydrogen) atoms. The Bertz CT molecular complexity index is 203. The topological polar surface area (TPSA) is 52.6 Å². The van der Waals surface area contributed by atoms with Gasteiger partial charge in [0.05, 0.1) is 12.6 Å². The highest BCUT2D eigenvalue weighted by atomic mass is 16.3. The average molecular weight is 214 g/mol. The van der Waals surface area contributed by atoms with Gasteiger partial charge in [-0.3, -0.25) is 4.79 Å². The number of hydrogen-bond acceptors (Lipinski definition) is 3. The fraction of sp³-hybridized carbons (Fsp3) is 0.909. The first-order valence-corrected chi connectivity index (χ1v) is 5.83. The van der Waals surface area contributed by atoms with Gasteiger partial charge in [0, 0.05) is 13.1 Å². The van der Waals surface area contributed by atoms with Crippen LogP contribution in [0.3, 0.4) is 0 Å². The van der Waals surface area contributed by atoms with Crippen molar-refractivity contribution in [2.75, 3.05) is 26.2 Å². The minimum absolute atomic E-state index is 0.0388. The zero-order valence-corrected chi connectivity index (χ0v) is 9.70. The maximum Gasteiger partial charge on any atom is 0.240 e. The molecule has 2 atom stereocenters. The molecule has 88 valence electrons. The largest absolute Gasteiger partial charge is 0.395 e. The third-order valence-corrected chi connectivity index (χ3v) is 2.97. The maximum absolute atomic E-state index is 12.1. The van der Waals surface area contributed by atoms with E-state index in [9.17, 15) is 4.79 Å². The predicted octanol–water partition coefficient (Wildman–Crippen LogP) is 0.215. The van der Waals surface area contributed by atoms with Crippen LogP contribution in [0.4, 0.5) is 0 Å². The highest BCUT2D eigenvalue weighted by molar-refractivity contribution is 5.82. The fourth-order valence-corrected chi connectivity index (χ4v) is 2.08. The molecule has 4 heteroatoms. The zero-order chi connectivity index (χ0) is 11.3. The van der Waals surface area contributed by atoms with E-state index in [0.29, 0.717) is 12.5 Å². The summed E-state index contributed by atoms with van der Waals surface area (Å²) in [6.45, 7) is 6.32. The van der Waals surface area contributed by atoms with Gasteiger partial charge in [-0.05, 0) is 25.3 Å². The molecule has 0 aromatic rings. The van der Waals surface area contributed by atoms with Crippen LogP contribution in [0, 0.1) is 5.92 Å². The second-order valence-electron chi connectivity index (χ2n) is 4.25. The summed E-state index contributed by atoms with van der Waals surface area (Å²) in [6.07, 6.45) is 2.00. The highest BCUT2D eigenvalue weighted by Gasteiger charge is 2.31. The number of hydrogen-bond donors (Lipinski definition) is 2. The fourth-order valence-electron chi connectivity index (χ4n) is 2.08. The molecule has 0 saturated carbocycles. The van der Waals surface area contributed by atoms with Crippen LogP contribution in [0.25, 0.3) is 0 Å². The van der Waals surface area contributed by atoms with E-state index in [-0.39, 0.29) is 18.6 Å². The second kappa shape index (κ2) is 6.08. The molecule has 1 saturated heterocycles. The van der Waals surface area contributed by atoms with E-state index in [2.05, 4.69) is 12.2 Å². The smallest absolute Gasteiger partial charge is 0.240 e. The van der Waals surface area contributed by atoms with Crippen molar-refractivity contribution in [3.05, 3.63) is 0 Å². The molecular formula is C11H22N2O2. The first-order chi connectivity index (χ1) is 7.20. The average Bonchev–Trinajstić information content (AvgIpc) is 2.63. The molecule has 0 radical (unpaired) electrons. The minimum atomic E-state index is -0.0388. The van der Waals surface area contributed by atoms with Crippen LogP contribution in [0.2, 0.25) is 0 Å². The molecule has 1 aliphatic rings. The quantitative estimate of drug-likeness (QED) is 0.688. The Morgan fingerprint density at radius 2 is 2.27 bits per heavy atom. The number of aliphatic hydroxyl groups is 1. The summed E-state index contributed by atoms with van der Waals surface area (Å²) in [7, 11) is 0. The van der Waals surface area contributed by atoms with Crippen molar-refractivity contribution >= 4 is 5.91 Å². The van der Waals surface area contributed by atoms with Gasteiger partial charge in [-0.15, -0.1) is 0 Å². The predicted molar refractivity (Wildman–Crippen MR) is 59.5 cm³/mol. The summed E-state index contributed by atoms with van der Waals surface area (Å²) in [5.41, 5.74) is 0. The van der Waals surface area contributed by atoms with E-state index in [4.69, 9.17) is 5.11 Å². The van der Waals surface area contributed by atoms with Crippen LogP contribution < -0.4 is 5.32 Å². The Morgan fingerprint density at radius 3 is 2.73 bits per heavy atom. The number of carbonyl (C=O) groups is 1. The second-order valence-corrected chi connectivity index (χ2v) is 4.25. The van der Waals surface area contributed by atoms with Crippen LogP contribution in [-0.2, 0) is 4.79 Å². The molecule has 2 unspecified atom stereocenters. The van der Waals surface area contributed by atoms with Crippen LogP contribution >= 0.6 is 0 Å². The van der Waals surface area contributed by atoms with Crippen LogP contribution in [0.15, 0.2) is 0 Å². The van der Waals surface area contributed by atoms with Crippen molar-refractivity contribution in [3.8, 4) is 0 Å². The van der Waals surface area contributed by atoms with E-state index in [1.807, 2.05) is 6.92 Å². The number of aliphatic hydroxyl groups excluding tert-OH is 1. The van der Waals surface area contributed by atoms with E-state index in [0.717, 1.165) is 25.9 Å². The Morgan fingerprint density at radius 1 is 1.53 bits per heavy atom. The summed E-state index contributed by atoms with van der Waals surface area (Å²) in [6, 6.07) is -0.0388. The van der Waals surface area contributed by atoms with Crippen molar-refractivity contribution in [1.29, 1.82) is 0 Å². The van der Waals surface area contributed by atoms with Crippen molar-refractivity contribution in [3.63, 3.8) is 0 Å². The molecular weight excluding hydrogens is 192 g/mol. The summed E-state index contributed by atoms with van der Waals surface area (Å²) in [5, 5.41) is 12.1. The lowest BCUT2D eigenvalue weighted by Crippen LogP contribution is -2.47. The highest BCUT2D eigenvalue weighted by Crippen LogP contribution is 2.16. The monoisotopic (exact) mass is 214 g/mol. The molecule has 0 bridgehead atoms. The van der Waals surface area contributed by atoms with E-state index >= 15 is 0 Å². The van der Waals surface area contributed by atoms with Gasteiger partial charge in [-0.2, -0.15) is 0 Å². The summed E-state index contributed by atoms with van der Waals surface area (Å²) < 4.78 is 0. The number of nitrogens with zero attached hydrogens (tertiary/aromatic N) is 1. The molecule has 0 aromatic carbocycles. The molecule has 1 rings (SSSR count). The molecule has 1 aliphatic heterocycles. The lowest BCUT2D eigenvalue weighted by molar-refractivity contribution is -0.134. The Balaban J connectivity index is 2.54. The number of rotatable bonds is 5. The Kier molecular flexibility index (Phi) is 5.05. The van der Waals surface area contributed by atoms with E-state index in [1.54, 1.807) is 4.90 Å². The van der Waals surface area contributed by atoms with Crippen LogP contribution in [0.5, 0.6) is 0 Å². The third-order valence-electron chi connectivity index (χ3n) is 2.97. The standard InChI is InChI=1S/C11H22N2O2/c1-3-6-13(7-8-14)11(15)10-9(2)4-5-12-10/h9-10,12,14H,3-8H2,1-2H3. The van der Waals surface area contributed by atoms with Gasteiger partial charge < -0.3 is 15.3 Å². The molecule has 1 fully saturated rings. The molecule has 1 amide bonds. The molecule has 2 N–H and O–H groups in total. The van der Waals surface area contributed by atoms with Crippen molar-refractivity contribution in [1.82, 2.24) is 10.2 Å². The van der Waals surface area contributed by atoms with Gasteiger partial charge in [-0.25, -0.2) is 0 Å². The van der Waals surface area contributed by atoms with Gasteiger partial charge in [-0.1, -0.05) is 13.8 Å². The number of nitrogens with one attached hydrogen (secondary N) is 1. The lowest BCUT2D eigenvalue weighted by atomic mass is 10.0. The van der Waals surface area contributed by atoms with Crippen molar-refractivity contribution in [2.24, 2.45) is 5.92 Å². The van der Waals surface area contributed by atoms with Crippen molar-refractivity contribution in [2.45, 2.75) is 32.7 Å². The van der Waals surface area contributed by atoms with Gasteiger partial charge in [0.2, 0.25) is 5.91 Å². The third kappa shape index (κ3) is 3.18. The Hall–Kier alpha value is -0.610. The van der Waals surface area contributed by atoms with Gasteiger partial charge >= 0.3 is 0 Å². The summed E-state index contributed by atoms with van der Waals surface area (Å²) in [5.74, 6) is 0.562. The summed E-state index contributed by atoms with van der Waals surface area (Å²) in [4.78, 5) is 13.9. The van der Waals surface area contributed by atoms with Gasteiger partial charge in [0.15, 0.2) is 0 Å². The van der Waals surface area contributed by atoms with Gasteiger partial charge in [0.25, 0.3) is 0 Å². The molecule has 0 aromatic heterocycles. The van der Waals surface area contributed by atoms with Crippen LogP contribution in [-0.4, -0.2) is 48.2 Å². The molecule has 0 spiro atoms. The number of amides is 1. The first kappa shape index (κ1) is 12.5. The molecule has 0 aliphatic carbocycles. The van der Waals surface area contributed by atoms with E-state index in [1.165, 1.54) is 0 Å². The van der Waals surface area contributed by atoms with Crippen molar-refractivity contribution < 1.29 is 9.90 Å². The lowest BCUT2D eigenvalue weighted by Gasteiger charge is -2.26. The Labute approximate surface area is 91.6 Å². The van der Waals surface area contributed by atoms with Gasteiger partial charge in [0.1, 0.15) is 0 Å². The normalized spacial score (nSPS) is 25.5. The maximum atomic E-state index is 12.1. The first-order valence-electron chi connectivity index (χ1n) is 5.83. The van der Waals surface area contributed by atoms with E-state index < -0.39 is 0 Å². The summed E-state index contributed by atoms with van der Waals surface area (Å²) >= 11 is 0. The number of carbonyl (C=O) groups excluding carboxylic acids is 1. The zero-order valence-electron chi connectivity index (χ0n) is 9.70. The SMILES string of the molecule is CCCN(CCO)C(=O)C1NCCC1C. The van der Waals surface area contributed by atoms with Crippen LogP contribution in [0.1, 0.15) is 26.7 Å². The molecule has 4 nitrogen and oxygen atoms in total. The minimum Gasteiger partial charge on any atom is -0.395 e.